The highest BCUT2D eigenvalue weighted by Gasteiger charge is 2.43. The van der Waals surface area contributed by atoms with E-state index in [0.29, 0.717) is 40.6 Å². The first-order valence-corrected chi connectivity index (χ1v) is 10.6. The largest absolute Gasteiger partial charge is 0.507 e. The highest BCUT2D eigenvalue weighted by Crippen LogP contribution is 2.39. The van der Waals surface area contributed by atoms with Gasteiger partial charge in [-0.3, -0.25) is 4.57 Å². The summed E-state index contributed by atoms with van der Waals surface area (Å²) in [7, 11) is 1.56. The molecule has 2 fully saturated rings. The Morgan fingerprint density at radius 3 is 2.81 bits per heavy atom. The number of phenols is 1. The zero-order valence-corrected chi connectivity index (χ0v) is 17.6. The molecular formula is C23H23FN6O2. The maximum absolute atomic E-state index is 14.9. The first kappa shape index (κ1) is 20.4. The topological polar surface area (TPSA) is 106 Å². The van der Waals surface area contributed by atoms with Gasteiger partial charge in [0.2, 0.25) is 0 Å². The number of phenolic OH excluding ortho intramolecular Hbond substituents is 1. The molecule has 2 aliphatic heterocycles. The number of aromatic nitrogens is 5. The maximum atomic E-state index is 14.9. The van der Waals surface area contributed by atoms with Crippen LogP contribution in [0.1, 0.15) is 25.0 Å². The van der Waals surface area contributed by atoms with E-state index in [1.54, 1.807) is 31.3 Å². The summed E-state index contributed by atoms with van der Waals surface area (Å²) in [6.07, 6.45) is 2.97. The van der Waals surface area contributed by atoms with E-state index in [4.69, 9.17) is 0 Å². The van der Waals surface area contributed by atoms with Crippen LogP contribution in [0.15, 0.2) is 48.0 Å². The average Bonchev–Trinajstić information content (AvgIpc) is 3.21. The number of nitrogens with one attached hydrogen (secondary N) is 1. The molecule has 2 aliphatic rings. The summed E-state index contributed by atoms with van der Waals surface area (Å²) in [5, 5.41) is 22.4. The van der Waals surface area contributed by atoms with Gasteiger partial charge in [0, 0.05) is 36.2 Å². The van der Waals surface area contributed by atoms with Crippen LogP contribution in [0.25, 0.3) is 28.2 Å². The Labute approximate surface area is 183 Å². The monoisotopic (exact) mass is 434 g/mol. The second-order valence-electron chi connectivity index (χ2n) is 8.47. The van der Waals surface area contributed by atoms with Gasteiger partial charge in [0.25, 0.3) is 0 Å². The van der Waals surface area contributed by atoms with Gasteiger partial charge in [-0.25, -0.2) is 14.2 Å². The number of halogens is 1. The van der Waals surface area contributed by atoms with Gasteiger partial charge >= 0.3 is 5.69 Å². The van der Waals surface area contributed by atoms with E-state index in [2.05, 4.69) is 32.1 Å². The highest BCUT2D eigenvalue weighted by molar-refractivity contribution is 5.72. The van der Waals surface area contributed by atoms with Crippen LogP contribution in [-0.2, 0) is 7.05 Å². The second-order valence-corrected chi connectivity index (χ2v) is 8.47. The van der Waals surface area contributed by atoms with Gasteiger partial charge in [-0.15, -0.1) is 5.10 Å². The van der Waals surface area contributed by atoms with Crippen LogP contribution >= 0.6 is 0 Å². The smallest absolute Gasteiger partial charge is 0.350 e. The summed E-state index contributed by atoms with van der Waals surface area (Å²) in [4.78, 5) is 19.8. The van der Waals surface area contributed by atoms with Crippen molar-refractivity contribution in [2.24, 2.45) is 13.0 Å². The molecule has 1 aromatic carbocycles. The lowest BCUT2D eigenvalue weighted by Crippen LogP contribution is -2.47. The third kappa shape index (κ3) is 3.58. The summed E-state index contributed by atoms with van der Waals surface area (Å²) in [6, 6.07) is 8.59. The molecule has 3 aromatic rings. The quantitative estimate of drug-likeness (QED) is 0.650. The minimum Gasteiger partial charge on any atom is -0.507 e. The normalized spacial score (nSPS) is 24.4. The number of piperidine rings is 1. The van der Waals surface area contributed by atoms with Crippen LogP contribution < -0.4 is 11.0 Å². The Kier molecular flexibility index (Phi) is 5.05. The molecule has 9 heteroatoms. The number of benzene rings is 1. The molecule has 0 spiro atoms. The van der Waals surface area contributed by atoms with Crippen molar-refractivity contribution in [1.82, 2.24) is 30.0 Å². The van der Waals surface area contributed by atoms with Gasteiger partial charge in [-0.2, -0.15) is 10.1 Å². The predicted octanol–water partition coefficient (Wildman–Crippen LogP) is 2.50. The molecule has 0 radical (unpaired) electrons. The third-order valence-corrected chi connectivity index (χ3v) is 6.41. The number of aryl methyl sites for hydroxylation is 1. The van der Waals surface area contributed by atoms with E-state index < -0.39 is 11.9 Å². The Morgan fingerprint density at radius 1 is 1.25 bits per heavy atom. The van der Waals surface area contributed by atoms with Gasteiger partial charge in [0.15, 0.2) is 5.82 Å². The number of aromatic hydroxyl groups is 1. The van der Waals surface area contributed by atoms with E-state index in [-0.39, 0.29) is 23.5 Å². The number of hydrogen-bond donors (Lipinski definition) is 2. The maximum Gasteiger partial charge on any atom is 0.350 e. The average molecular weight is 434 g/mol. The minimum atomic E-state index is -0.976. The summed E-state index contributed by atoms with van der Waals surface area (Å²) < 4.78 is 16.1. The number of hydrogen-bond acceptors (Lipinski definition) is 7. The van der Waals surface area contributed by atoms with E-state index in [9.17, 15) is 14.3 Å². The van der Waals surface area contributed by atoms with Gasteiger partial charge in [-0.1, -0.05) is 12.6 Å². The van der Waals surface area contributed by atoms with Gasteiger partial charge < -0.3 is 10.4 Å². The van der Waals surface area contributed by atoms with Crippen molar-refractivity contribution < 1.29 is 9.50 Å². The van der Waals surface area contributed by atoms with Crippen LogP contribution in [0.5, 0.6) is 5.75 Å². The van der Waals surface area contributed by atoms with Gasteiger partial charge in [0.05, 0.1) is 11.4 Å². The van der Waals surface area contributed by atoms with Crippen molar-refractivity contribution in [3.8, 4) is 28.4 Å². The SMILES string of the molecule is C=C(c1ccc(-c2ccc(-c3ncn(C)c(=O)n3)cc2O)nn1)[C@@H]1CC2CCC(N2)[C@@H]1F. The molecule has 4 atom stereocenters. The van der Waals surface area contributed by atoms with Crippen molar-refractivity contribution in [3.05, 3.63) is 59.4 Å². The van der Waals surface area contributed by atoms with Crippen molar-refractivity contribution >= 4 is 5.57 Å². The van der Waals surface area contributed by atoms with Crippen LogP contribution in [0.3, 0.4) is 0 Å². The summed E-state index contributed by atoms with van der Waals surface area (Å²) in [5.41, 5.74) is 2.25. The van der Waals surface area contributed by atoms with Crippen molar-refractivity contribution in [2.75, 3.05) is 0 Å². The third-order valence-electron chi connectivity index (χ3n) is 6.41. The van der Waals surface area contributed by atoms with E-state index in [1.807, 2.05) is 0 Å². The molecule has 4 heterocycles. The van der Waals surface area contributed by atoms with Gasteiger partial charge in [0.1, 0.15) is 18.2 Å². The fourth-order valence-corrected chi connectivity index (χ4v) is 4.59. The molecule has 32 heavy (non-hydrogen) atoms. The first-order chi connectivity index (χ1) is 15.4. The molecule has 0 saturated carbocycles. The van der Waals surface area contributed by atoms with E-state index >= 15 is 0 Å². The lowest BCUT2D eigenvalue weighted by molar-refractivity contribution is 0.167. The minimum absolute atomic E-state index is 0.0357. The zero-order valence-electron chi connectivity index (χ0n) is 17.6. The predicted molar refractivity (Wildman–Crippen MR) is 117 cm³/mol. The first-order valence-electron chi connectivity index (χ1n) is 10.6. The Morgan fingerprint density at radius 2 is 2.09 bits per heavy atom. The summed E-state index contributed by atoms with van der Waals surface area (Å²) in [6.45, 7) is 4.11. The summed E-state index contributed by atoms with van der Waals surface area (Å²) >= 11 is 0. The lowest BCUT2D eigenvalue weighted by atomic mass is 9.83. The molecule has 2 unspecified atom stereocenters. The Bertz CT molecular complexity index is 1240. The number of allylic oxidation sites excluding steroid dienone is 1. The van der Waals surface area contributed by atoms with E-state index in [1.165, 1.54) is 17.0 Å². The van der Waals surface area contributed by atoms with Gasteiger partial charge in [-0.05, 0) is 49.1 Å². The van der Waals surface area contributed by atoms with Crippen LogP contribution in [0, 0.1) is 5.92 Å². The number of fused-ring (bicyclic) bond motifs is 2. The second kappa shape index (κ2) is 7.90. The van der Waals surface area contributed by atoms with Crippen molar-refractivity contribution in [1.29, 1.82) is 0 Å². The molecule has 2 saturated heterocycles. The lowest BCUT2D eigenvalue weighted by Gasteiger charge is -2.33. The Balaban J connectivity index is 1.37. The molecule has 0 aliphatic carbocycles. The fraction of sp³-hybridized carbons (Fsp3) is 0.348. The molecule has 8 nitrogen and oxygen atoms in total. The molecule has 2 aromatic heterocycles. The fourth-order valence-electron chi connectivity index (χ4n) is 4.59. The van der Waals surface area contributed by atoms with E-state index in [0.717, 1.165) is 12.8 Å². The highest BCUT2D eigenvalue weighted by atomic mass is 19.1. The number of rotatable bonds is 4. The molecular weight excluding hydrogens is 411 g/mol. The zero-order chi connectivity index (χ0) is 22.4. The van der Waals surface area contributed by atoms with Crippen molar-refractivity contribution in [3.63, 3.8) is 0 Å². The van der Waals surface area contributed by atoms with Crippen molar-refractivity contribution in [2.45, 2.75) is 37.5 Å². The molecule has 2 N–H and O–H groups in total. The molecule has 0 amide bonds. The molecule has 5 rings (SSSR count). The standard InChI is InChI=1S/C23H23FN6O2/c1-12(16-10-14-4-6-19(26-14)21(16)24)17-7-8-18(29-28-17)15-5-3-13(9-20(15)31)22-25-11-30(2)23(32)27-22/h3,5,7-9,11,14,16,19,21,26,31H,1,4,6,10H2,2H3/t14?,16-,19?,21+/m0/s1. The van der Waals surface area contributed by atoms with Crippen LogP contribution in [0.4, 0.5) is 4.39 Å². The number of nitrogens with zero attached hydrogens (tertiary/aromatic N) is 5. The number of alkyl halides is 1. The summed E-state index contributed by atoms with van der Waals surface area (Å²) in [5.74, 6) is -0.0732. The molecule has 164 valence electrons. The van der Waals surface area contributed by atoms with Crippen LogP contribution in [0.2, 0.25) is 0 Å². The van der Waals surface area contributed by atoms with Crippen LogP contribution in [-0.4, -0.2) is 48.1 Å². The Hall–Kier alpha value is -3.46. The molecule has 2 bridgehead atoms.